The number of aliphatic carboxylic acids is 1. The molecule has 0 spiro atoms. The number of quaternary nitrogens is 1. The number of carboxylic acid groups (broad SMARTS) is 1. The molecule has 0 aromatic rings. The molecule has 0 amide bonds. The zero-order valence-corrected chi connectivity index (χ0v) is 17.0. The number of piperidine rings is 1. The van der Waals surface area contributed by atoms with Gasteiger partial charge in [0.2, 0.25) is 0 Å². The first-order valence-corrected chi connectivity index (χ1v) is 12.3. The Hall–Kier alpha value is -0.270. The predicted molar refractivity (Wildman–Crippen MR) is 94.5 cm³/mol. The van der Waals surface area contributed by atoms with Crippen molar-refractivity contribution in [3.63, 3.8) is 0 Å². The van der Waals surface area contributed by atoms with Crippen LogP contribution in [0.5, 0.6) is 0 Å². The minimum Gasteiger partial charge on any atom is -0.481 e. The van der Waals surface area contributed by atoms with E-state index in [0.717, 1.165) is 19.3 Å². The van der Waals surface area contributed by atoms with E-state index in [9.17, 15) is 38.6 Å². The molecular weight excluding hydrogens is 384 g/mol. The molecule has 3 unspecified atom stereocenters. The van der Waals surface area contributed by atoms with E-state index in [4.69, 9.17) is 0 Å². The summed E-state index contributed by atoms with van der Waals surface area (Å²) in [7, 11) is -10.8. The normalized spacial score (nSPS) is 30.8. The van der Waals surface area contributed by atoms with Crippen LogP contribution >= 0.6 is 15.2 Å². The molecule has 1 heterocycles. The number of likely N-dealkylation sites (tertiary alicyclic amines) is 1. The number of carbonyl (C=O) groups is 1. The van der Waals surface area contributed by atoms with E-state index in [2.05, 4.69) is 0 Å². The maximum absolute atomic E-state index is 12.3. The van der Waals surface area contributed by atoms with Crippen LogP contribution in [0.1, 0.15) is 46.0 Å². The Bertz CT molecular complexity index is 608. The Morgan fingerprint density at radius 3 is 1.96 bits per heavy atom. The molecule has 1 saturated carbocycles. The standard InChI is InChI=1S/C15H29NO8P2/c1-3-7-16(8-4-2)9-5-6-11-10-15(25(19,20)21,26(22,23)24)12(13(11)16)14(17)18/h11-13H,3-10H2,1-2H3,(H4-,17,18,19,20,21,22,23,24)/p+1. The summed E-state index contributed by atoms with van der Waals surface area (Å²) in [6.45, 7) is 5.87. The highest BCUT2D eigenvalue weighted by Crippen LogP contribution is 2.78. The number of nitrogens with zero attached hydrogens (tertiary/aromatic N) is 1. The Morgan fingerprint density at radius 2 is 1.58 bits per heavy atom. The SMILES string of the molecule is CCC[N+]1(CCC)CCCC2CC(P(=O)(O)O)(P(=O)(O)O)C(C(=O)O)C21. The molecule has 0 radical (unpaired) electrons. The maximum atomic E-state index is 12.3. The average molecular weight is 414 g/mol. The fourth-order valence-corrected chi connectivity index (χ4v) is 9.22. The van der Waals surface area contributed by atoms with Gasteiger partial charge in [0.15, 0.2) is 4.90 Å². The van der Waals surface area contributed by atoms with Crippen molar-refractivity contribution < 1.29 is 43.1 Å². The fourth-order valence-electron chi connectivity index (χ4n) is 5.67. The predicted octanol–water partition coefficient (Wildman–Crippen LogP) is 1.56. The highest BCUT2D eigenvalue weighted by molar-refractivity contribution is 7.72. The Balaban J connectivity index is 2.73. The summed E-state index contributed by atoms with van der Waals surface area (Å²) in [6, 6.07) is -0.693. The molecule has 5 N–H and O–H groups in total. The molecule has 11 heteroatoms. The zero-order valence-electron chi connectivity index (χ0n) is 15.2. The van der Waals surface area contributed by atoms with E-state index in [1.165, 1.54) is 0 Å². The van der Waals surface area contributed by atoms with Gasteiger partial charge < -0.3 is 29.2 Å². The Morgan fingerprint density at radius 1 is 1.08 bits per heavy atom. The van der Waals surface area contributed by atoms with Crippen LogP contribution in [0.15, 0.2) is 0 Å². The first kappa shape index (κ1) is 22.0. The summed E-state index contributed by atoms with van der Waals surface area (Å²) in [5, 5.41) is 9.89. The minimum absolute atomic E-state index is 0.371. The molecule has 0 bridgehead atoms. The van der Waals surface area contributed by atoms with Crippen LogP contribution in [-0.2, 0) is 13.9 Å². The van der Waals surface area contributed by atoms with Crippen LogP contribution in [0.3, 0.4) is 0 Å². The molecule has 9 nitrogen and oxygen atoms in total. The first-order chi connectivity index (χ1) is 11.9. The summed E-state index contributed by atoms with van der Waals surface area (Å²) in [6.07, 6.45) is 2.36. The molecule has 2 rings (SSSR count). The van der Waals surface area contributed by atoms with E-state index < -0.39 is 50.4 Å². The van der Waals surface area contributed by atoms with Gasteiger partial charge in [0.05, 0.1) is 19.6 Å². The quantitative estimate of drug-likeness (QED) is 0.311. The van der Waals surface area contributed by atoms with E-state index in [-0.39, 0.29) is 0 Å². The van der Waals surface area contributed by atoms with Crippen molar-refractivity contribution in [3.05, 3.63) is 0 Å². The highest BCUT2D eigenvalue weighted by atomic mass is 31.2. The van der Waals surface area contributed by atoms with Crippen molar-refractivity contribution in [3.8, 4) is 0 Å². The molecule has 0 aromatic heterocycles. The summed E-state index contributed by atoms with van der Waals surface area (Å²) < 4.78 is 25.0. The smallest absolute Gasteiger partial charge is 0.344 e. The number of carboxylic acids is 1. The fraction of sp³-hybridized carbons (Fsp3) is 0.933. The number of fused-ring (bicyclic) bond motifs is 1. The number of hydrogen-bond donors (Lipinski definition) is 5. The second kappa shape index (κ2) is 7.28. The lowest BCUT2D eigenvalue weighted by molar-refractivity contribution is -0.960. The monoisotopic (exact) mass is 414 g/mol. The van der Waals surface area contributed by atoms with Crippen molar-refractivity contribution in [2.24, 2.45) is 11.8 Å². The van der Waals surface area contributed by atoms with Crippen LogP contribution in [0.4, 0.5) is 0 Å². The third-order valence-electron chi connectivity index (χ3n) is 6.31. The highest BCUT2D eigenvalue weighted by Gasteiger charge is 2.77. The van der Waals surface area contributed by atoms with Crippen molar-refractivity contribution in [2.45, 2.75) is 56.9 Å². The average Bonchev–Trinajstić information content (AvgIpc) is 2.85. The van der Waals surface area contributed by atoms with Crippen molar-refractivity contribution in [2.75, 3.05) is 19.6 Å². The van der Waals surface area contributed by atoms with E-state index in [1.54, 1.807) is 0 Å². The van der Waals surface area contributed by atoms with Gasteiger partial charge in [-0.25, -0.2) is 0 Å². The van der Waals surface area contributed by atoms with Crippen LogP contribution in [0.2, 0.25) is 0 Å². The lowest BCUT2D eigenvalue weighted by Gasteiger charge is -2.50. The van der Waals surface area contributed by atoms with Crippen molar-refractivity contribution >= 4 is 21.2 Å². The summed E-state index contributed by atoms with van der Waals surface area (Å²) >= 11 is 0. The topological polar surface area (TPSA) is 152 Å². The molecule has 2 fully saturated rings. The molecule has 3 atom stereocenters. The minimum atomic E-state index is -5.40. The second-order valence-corrected chi connectivity index (χ2v) is 11.9. The molecule has 152 valence electrons. The van der Waals surface area contributed by atoms with E-state index >= 15 is 0 Å². The number of hydrogen-bond acceptors (Lipinski definition) is 3. The zero-order chi connectivity index (χ0) is 20.0. The van der Waals surface area contributed by atoms with Gasteiger partial charge in [0, 0.05) is 5.92 Å². The van der Waals surface area contributed by atoms with Gasteiger partial charge >= 0.3 is 21.2 Å². The Kier molecular flexibility index (Phi) is 6.17. The van der Waals surface area contributed by atoms with Gasteiger partial charge in [-0.3, -0.25) is 13.9 Å². The van der Waals surface area contributed by atoms with Gasteiger partial charge in [-0.1, -0.05) is 13.8 Å². The third kappa shape index (κ3) is 3.22. The lowest BCUT2D eigenvalue weighted by atomic mass is 9.85. The van der Waals surface area contributed by atoms with Gasteiger partial charge in [0.1, 0.15) is 12.0 Å². The molecule has 2 aliphatic rings. The molecule has 26 heavy (non-hydrogen) atoms. The van der Waals surface area contributed by atoms with Crippen LogP contribution in [-0.4, -0.2) is 65.7 Å². The molecular formula is C15H30NO8P2+. The van der Waals surface area contributed by atoms with E-state index in [0.29, 0.717) is 30.5 Å². The van der Waals surface area contributed by atoms with Crippen molar-refractivity contribution in [1.29, 1.82) is 0 Å². The first-order valence-electron chi connectivity index (χ1n) is 9.08. The van der Waals surface area contributed by atoms with Crippen LogP contribution in [0.25, 0.3) is 0 Å². The largest absolute Gasteiger partial charge is 0.481 e. The van der Waals surface area contributed by atoms with Gasteiger partial charge in [0.25, 0.3) is 0 Å². The molecule has 1 aliphatic carbocycles. The Labute approximate surface area is 153 Å². The molecule has 1 aliphatic heterocycles. The molecule has 1 saturated heterocycles. The summed E-state index contributed by atoms with van der Waals surface area (Å²) in [5.74, 6) is -3.73. The lowest BCUT2D eigenvalue weighted by Crippen LogP contribution is -2.64. The second-order valence-electron chi connectivity index (χ2n) is 7.77. The van der Waals surface area contributed by atoms with Gasteiger partial charge in [-0.15, -0.1) is 0 Å². The maximum Gasteiger partial charge on any atom is 0.344 e. The third-order valence-corrected chi connectivity index (χ3v) is 10.8. The van der Waals surface area contributed by atoms with E-state index in [1.807, 2.05) is 13.8 Å². The van der Waals surface area contributed by atoms with Crippen LogP contribution < -0.4 is 0 Å². The van der Waals surface area contributed by atoms with Crippen molar-refractivity contribution in [1.82, 2.24) is 0 Å². The number of rotatable bonds is 7. The van der Waals surface area contributed by atoms with Gasteiger partial charge in [-0.2, -0.15) is 0 Å². The van der Waals surface area contributed by atoms with Gasteiger partial charge in [-0.05, 0) is 32.1 Å². The summed E-state index contributed by atoms with van der Waals surface area (Å²) in [4.78, 5) is 49.1. The summed E-state index contributed by atoms with van der Waals surface area (Å²) in [5.41, 5.74) is 0. The molecule has 0 aromatic carbocycles. The van der Waals surface area contributed by atoms with Crippen LogP contribution in [0, 0.1) is 11.8 Å².